The molecule has 1 N–H and O–H groups in total. The summed E-state index contributed by atoms with van der Waals surface area (Å²) in [4.78, 5) is 0. The van der Waals surface area contributed by atoms with Crippen LogP contribution in [0.1, 0.15) is 19.8 Å². The van der Waals surface area contributed by atoms with Gasteiger partial charge in [0.2, 0.25) is 0 Å². The summed E-state index contributed by atoms with van der Waals surface area (Å²) in [6.07, 6.45) is 2.36. The first kappa shape index (κ1) is 15.2. The van der Waals surface area contributed by atoms with Gasteiger partial charge in [0.15, 0.2) is 0 Å². The summed E-state index contributed by atoms with van der Waals surface area (Å²) in [7, 11) is -1.54. The zero-order chi connectivity index (χ0) is 11.8. The molecule has 2 aliphatic rings. The number of hydrogen-bond donors (Lipinski definition) is 1. The van der Waals surface area contributed by atoms with Crippen molar-refractivity contribution < 1.29 is 8.42 Å². The lowest BCUT2D eigenvalue weighted by molar-refractivity contribution is 0.262. The second kappa shape index (κ2) is 5.84. The zero-order valence-electron chi connectivity index (χ0n) is 10.4. The number of piperazine rings is 1. The number of rotatable bonds is 4. The minimum Gasteiger partial charge on any atom is -0.314 e. The normalized spacial score (nSPS) is 26.9. The molecule has 1 saturated carbocycles. The number of nitrogens with zero attached hydrogens (tertiary/aromatic N) is 2. The van der Waals surface area contributed by atoms with Crippen molar-refractivity contribution in [1.29, 1.82) is 0 Å². The van der Waals surface area contributed by atoms with Crippen molar-refractivity contribution in [2.24, 2.45) is 5.92 Å². The van der Waals surface area contributed by atoms with Crippen molar-refractivity contribution in [3.8, 4) is 0 Å². The fourth-order valence-electron chi connectivity index (χ4n) is 2.10. The van der Waals surface area contributed by atoms with E-state index < -0.39 is 10.2 Å². The molecule has 0 spiro atoms. The molecule has 1 aliphatic heterocycles. The molecule has 5 nitrogen and oxygen atoms in total. The average Bonchev–Trinajstić information content (AvgIpc) is 3.02. The summed E-state index contributed by atoms with van der Waals surface area (Å²) in [5.74, 6) is 0.595. The van der Waals surface area contributed by atoms with Gasteiger partial charge in [0, 0.05) is 39.3 Å². The van der Waals surface area contributed by atoms with E-state index in [2.05, 4.69) is 5.32 Å². The van der Waals surface area contributed by atoms with E-state index in [1.807, 2.05) is 6.92 Å². The Bertz CT molecular complexity index is 345. The van der Waals surface area contributed by atoms with E-state index in [0.717, 1.165) is 13.1 Å². The fourth-order valence-corrected chi connectivity index (χ4v) is 3.71. The smallest absolute Gasteiger partial charge is 0.282 e. The highest BCUT2D eigenvalue weighted by atomic mass is 35.5. The van der Waals surface area contributed by atoms with E-state index in [1.165, 1.54) is 17.1 Å². The monoisotopic (exact) mass is 283 g/mol. The lowest BCUT2D eigenvalue weighted by Gasteiger charge is -2.35. The van der Waals surface area contributed by atoms with E-state index in [9.17, 15) is 8.42 Å². The Labute approximate surface area is 110 Å². The van der Waals surface area contributed by atoms with Gasteiger partial charge in [-0.15, -0.1) is 12.4 Å². The highest BCUT2D eigenvalue weighted by molar-refractivity contribution is 7.86. The van der Waals surface area contributed by atoms with Crippen LogP contribution in [0.5, 0.6) is 0 Å². The Morgan fingerprint density at radius 2 is 2.06 bits per heavy atom. The third kappa shape index (κ3) is 3.54. The van der Waals surface area contributed by atoms with Crippen LogP contribution in [0, 0.1) is 5.92 Å². The molecule has 1 unspecified atom stereocenters. The van der Waals surface area contributed by atoms with Crippen molar-refractivity contribution in [1.82, 2.24) is 13.9 Å². The van der Waals surface area contributed by atoms with Crippen molar-refractivity contribution in [3.63, 3.8) is 0 Å². The Kier molecular flexibility index (Phi) is 5.21. The summed E-state index contributed by atoms with van der Waals surface area (Å²) >= 11 is 0. The second-order valence-corrected chi connectivity index (χ2v) is 6.88. The lowest BCUT2D eigenvalue weighted by Crippen LogP contribution is -2.55. The molecule has 0 radical (unpaired) electrons. The van der Waals surface area contributed by atoms with E-state index in [1.54, 1.807) is 11.4 Å². The Hall–Kier alpha value is 0.120. The molecule has 1 atom stereocenters. The molecule has 17 heavy (non-hydrogen) atoms. The summed E-state index contributed by atoms with van der Waals surface area (Å²) < 4.78 is 27.7. The van der Waals surface area contributed by atoms with Gasteiger partial charge in [-0.25, -0.2) is 0 Å². The SMILES string of the molecule is CC1CNCCN1S(=O)(=O)N(C)CC1CC1.Cl. The largest absolute Gasteiger partial charge is 0.314 e. The van der Waals surface area contributed by atoms with Crippen molar-refractivity contribution in [2.45, 2.75) is 25.8 Å². The molecule has 2 fully saturated rings. The van der Waals surface area contributed by atoms with Crippen LogP contribution in [0.25, 0.3) is 0 Å². The van der Waals surface area contributed by atoms with Gasteiger partial charge in [0.05, 0.1) is 0 Å². The molecule has 0 aromatic heterocycles. The number of hydrogen-bond acceptors (Lipinski definition) is 3. The number of nitrogens with one attached hydrogen (secondary N) is 1. The molecule has 0 bridgehead atoms. The van der Waals surface area contributed by atoms with Gasteiger partial charge in [-0.1, -0.05) is 0 Å². The van der Waals surface area contributed by atoms with Crippen LogP contribution in [0.4, 0.5) is 0 Å². The van der Waals surface area contributed by atoms with E-state index in [4.69, 9.17) is 0 Å². The minimum atomic E-state index is -3.24. The second-order valence-electron chi connectivity index (χ2n) is 4.90. The van der Waals surface area contributed by atoms with Crippen molar-refractivity contribution >= 4 is 22.6 Å². The van der Waals surface area contributed by atoms with Gasteiger partial charge in [-0.2, -0.15) is 17.0 Å². The van der Waals surface area contributed by atoms with E-state index in [0.29, 0.717) is 19.0 Å². The van der Waals surface area contributed by atoms with Crippen molar-refractivity contribution in [3.05, 3.63) is 0 Å². The molecular weight excluding hydrogens is 262 g/mol. The van der Waals surface area contributed by atoms with Crippen LogP contribution in [0.15, 0.2) is 0 Å². The van der Waals surface area contributed by atoms with Gasteiger partial charge in [0.1, 0.15) is 0 Å². The Morgan fingerprint density at radius 3 is 2.59 bits per heavy atom. The van der Waals surface area contributed by atoms with Gasteiger partial charge < -0.3 is 5.32 Å². The first-order valence-corrected chi connectivity index (χ1v) is 7.35. The highest BCUT2D eigenvalue weighted by Crippen LogP contribution is 2.30. The molecule has 1 aliphatic carbocycles. The fraction of sp³-hybridized carbons (Fsp3) is 1.00. The lowest BCUT2D eigenvalue weighted by atomic mass is 10.3. The summed E-state index contributed by atoms with van der Waals surface area (Å²) in [6, 6.07) is 0.0559. The third-order valence-electron chi connectivity index (χ3n) is 3.34. The van der Waals surface area contributed by atoms with Gasteiger partial charge >= 0.3 is 0 Å². The van der Waals surface area contributed by atoms with Crippen LogP contribution in [0.3, 0.4) is 0 Å². The van der Waals surface area contributed by atoms with Crippen molar-refractivity contribution in [2.75, 3.05) is 33.2 Å². The maximum atomic E-state index is 12.3. The van der Waals surface area contributed by atoms with Gasteiger partial charge in [0.25, 0.3) is 10.2 Å². The average molecular weight is 284 g/mol. The highest BCUT2D eigenvalue weighted by Gasteiger charge is 2.35. The summed E-state index contributed by atoms with van der Waals surface area (Å²) in [5.41, 5.74) is 0. The molecule has 0 amide bonds. The van der Waals surface area contributed by atoms with Gasteiger partial charge in [-0.05, 0) is 25.7 Å². The maximum Gasteiger partial charge on any atom is 0.282 e. The van der Waals surface area contributed by atoms with E-state index in [-0.39, 0.29) is 18.4 Å². The van der Waals surface area contributed by atoms with Crippen LogP contribution in [-0.4, -0.2) is 56.3 Å². The van der Waals surface area contributed by atoms with Crippen LogP contribution in [-0.2, 0) is 10.2 Å². The number of halogens is 1. The molecular formula is C10H22ClN3O2S. The quantitative estimate of drug-likeness (QED) is 0.807. The minimum absolute atomic E-state index is 0. The van der Waals surface area contributed by atoms with Gasteiger partial charge in [-0.3, -0.25) is 0 Å². The third-order valence-corrected chi connectivity index (χ3v) is 5.41. The molecule has 1 saturated heterocycles. The summed E-state index contributed by atoms with van der Waals surface area (Å²) in [6.45, 7) is 4.71. The van der Waals surface area contributed by atoms with Crippen LogP contribution < -0.4 is 5.32 Å². The summed E-state index contributed by atoms with van der Waals surface area (Å²) in [5, 5.41) is 3.20. The van der Waals surface area contributed by atoms with Crippen LogP contribution >= 0.6 is 12.4 Å². The Morgan fingerprint density at radius 1 is 1.41 bits per heavy atom. The zero-order valence-corrected chi connectivity index (χ0v) is 12.1. The molecule has 1 heterocycles. The Balaban J connectivity index is 0.00000144. The standard InChI is InChI=1S/C10H21N3O2S.ClH/c1-9-7-11-5-6-13(9)16(14,15)12(2)8-10-3-4-10;/h9-11H,3-8H2,1-2H3;1H. The predicted octanol–water partition coefficient (Wildman–Crippen LogP) is 0.288. The molecule has 0 aromatic carbocycles. The molecule has 102 valence electrons. The predicted molar refractivity (Wildman–Crippen MR) is 70.6 cm³/mol. The maximum absolute atomic E-state index is 12.3. The van der Waals surface area contributed by atoms with Crippen LogP contribution in [0.2, 0.25) is 0 Å². The van der Waals surface area contributed by atoms with E-state index >= 15 is 0 Å². The topological polar surface area (TPSA) is 52.7 Å². The molecule has 2 rings (SSSR count). The first-order valence-electron chi connectivity index (χ1n) is 5.95. The molecule has 0 aromatic rings. The first-order chi connectivity index (χ1) is 7.51. The molecule has 7 heteroatoms.